The van der Waals surface area contributed by atoms with Crippen LogP contribution in [-0.2, 0) is 6.42 Å². The molecule has 1 aliphatic rings. The number of nitrogens with one attached hydrogen (secondary N) is 1. The van der Waals surface area contributed by atoms with Crippen LogP contribution in [0.1, 0.15) is 30.9 Å². The average molecular weight is 449 g/mol. The fraction of sp³-hybridized carbons (Fsp3) is 0.765. The van der Waals surface area contributed by atoms with Crippen LogP contribution in [0.3, 0.4) is 0 Å². The van der Waals surface area contributed by atoms with E-state index in [0.29, 0.717) is 0 Å². The lowest BCUT2D eigenvalue weighted by Crippen LogP contribution is -2.53. The van der Waals surface area contributed by atoms with Gasteiger partial charge in [-0.05, 0) is 26.2 Å². The standard InChI is InChI=1S/C17H31N5O.HI/c1-13(2)12-21-8-10-22(11-9-21)17(18-5)19-7-6-16-14(3)20-23-15(16)4;/h13H,6-12H2,1-5H3,(H,18,19);1H. The third kappa shape index (κ3) is 5.91. The van der Waals surface area contributed by atoms with Crippen LogP contribution >= 0.6 is 24.0 Å². The minimum Gasteiger partial charge on any atom is -0.361 e. The Morgan fingerprint density at radius 1 is 1.25 bits per heavy atom. The van der Waals surface area contributed by atoms with Gasteiger partial charge in [-0.3, -0.25) is 9.89 Å². The van der Waals surface area contributed by atoms with Crippen molar-refractivity contribution in [3.05, 3.63) is 17.0 Å². The summed E-state index contributed by atoms with van der Waals surface area (Å²) in [7, 11) is 1.86. The normalized spacial score (nSPS) is 16.4. The van der Waals surface area contributed by atoms with E-state index < -0.39 is 0 Å². The number of aliphatic imine (C=N–C) groups is 1. The molecule has 0 aromatic carbocycles. The molecule has 1 N–H and O–H groups in total. The van der Waals surface area contributed by atoms with Crippen molar-refractivity contribution in [3.8, 4) is 0 Å². The zero-order chi connectivity index (χ0) is 16.8. The number of rotatable bonds is 5. The molecule has 24 heavy (non-hydrogen) atoms. The van der Waals surface area contributed by atoms with Gasteiger partial charge in [-0.25, -0.2) is 0 Å². The highest BCUT2D eigenvalue weighted by molar-refractivity contribution is 14.0. The number of nitrogens with zero attached hydrogens (tertiary/aromatic N) is 4. The van der Waals surface area contributed by atoms with Gasteiger partial charge in [0.05, 0.1) is 5.69 Å². The Morgan fingerprint density at radius 2 is 1.92 bits per heavy atom. The van der Waals surface area contributed by atoms with Gasteiger partial charge in [0.15, 0.2) is 5.96 Å². The largest absolute Gasteiger partial charge is 0.361 e. The topological polar surface area (TPSA) is 56.9 Å². The highest BCUT2D eigenvalue weighted by atomic mass is 127. The van der Waals surface area contributed by atoms with Gasteiger partial charge in [-0.2, -0.15) is 0 Å². The number of hydrogen-bond acceptors (Lipinski definition) is 4. The van der Waals surface area contributed by atoms with Crippen molar-refractivity contribution >= 4 is 29.9 Å². The van der Waals surface area contributed by atoms with E-state index in [1.165, 1.54) is 12.1 Å². The Hall–Kier alpha value is -0.830. The quantitative estimate of drug-likeness (QED) is 0.425. The van der Waals surface area contributed by atoms with Crippen molar-refractivity contribution in [1.82, 2.24) is 20.3 Å². The zero-order valence-electron chi connectivity index (χ0n) is 15.6. The van der Waals surface area contributed by atoms with E-state index in [-0.39, 0.29) is 24.0 Å². The maximum atomic E-state index is 5.21. The summed E-state index contributed by atoms with van der Waals surface area (Å²) in [5.41, 5.74) is 2.19. The van der Waals surface area contributed by atoms with E-state index in [1.807, 2.05) is 20.9 Å². The molecule has 0 radical (unpaired) electrons. The first-order valence-electron chi connectivity index (χ1n) is 8.61. The molecule has 0 saturated carbocycles. The lowest BCUT2D eigenvalue weighted by molar-refractivity contribution is 0.164. The van der Waals surface area contributed by atoms with E-state index in [1.54, 1.807) is 0 Å². The Kier molecular flexibility index (Phi) is 9.04. The SMILES string of the molecule is CN=C(NCCc1c(C)noc1C)N1CCN(CC(C)C)CC1.I. The van der Waals surface area contributed by atoms with Crippen LogP contribution in [0.15, 0.2) is 9.52 Å². The second-order valence-corrected chi connectivity index (χ2v) is 6.71. The number of aromatic nitrogens is 1. The molecule has 2 rings (SSSR count). The minimum atomic E-state index is 0. The molecule has 6 nitrogen and oxygen atoms in total. The first-order valence-corrected chi connectivity index (χ1v) is 8.61. The van der Waals surface area contributed by atoms with Gasteiger partial charge in [0.2, 0.25) is 0 Å². The molecule has 0 spiro atoms. The van der Waals surface area contributed by atoms with Crippen molar-refractivity contribution in [2.24, 2.45) is 10.9 Å². The van der Waals surface area contributed by atoms with Gasteiger partial charge in [0.1, 0.15) is 5.76 Å². The molecule has 138 valence electrons. The third-order valence-corrected chi connectivity index (χ3v) is 4.35. The monoisotopic (exact) mass is 449 g/mol. The number of piperazine rings is 1. The molecule has 1 aromatic rings. The molecule has 0 aliphatic carbocycles. The summed E-state index contributed by atoms with van der Waals surface area (Å²) < 4.78 is 5.21. The predicted molar refractivity (Wildman–Crippen MR) is 109 cm³/mol. The van der Waals surface area contributed by atoms with Crippen molar-refractivity contribution in [2.45, 2.75) is 34.1 Å². The Balaban J connectivity index is 0.00000288. The maximum absolute atomic E-state index is 5.21. The zero-order valence-corrected chi connectivity index (χ0v) is 18.0. The molecule has 1 saturated heterocycles. The average Bonchev–Trinajstić information content (AvgIpc) is 2.83. The molecule has 7 heteroatoms. The summed E-state index contributed by atoms with van der Waals surface area (Å²) in [6, 6.07) is 0. The smallest absolute Gasteiger partial charge is 0.193 e. The third-order valence-electron chi connectivity index (χ3n) is 4.35. The number of halogens is 1. The molecule has 2 heterocycles. The van der Waals surface area contributed by atoms with E-state index in [4.69, 9.17) is 4.52 Å². The van der Waals surface area contributed by atoms with Crippen LogP contribution < -0.4 is 5.32 Å². The molecule has 1 aromatic heterocycles. The molecule has 0 bridgehead atoms. The van der Waals surface area contributed by atoms with Crippen LogP contribution in [0.25, 0.3) is 0 Å². The Morgan fingerprint density at radius 3 is 2.42 bits per heavy atom. The van der Waals surface area contributed by atoms with Crippen molar-refractivity contribution in [2.75, 3.05) is 46.3 Å². The van der Waals surface area contributed by atoms with Gasteiger partial charge < -0.3 is 14.7 Å². The Labute approximate surface area is 163 Å². The van der Waals surface area contributed by atoms with Crippen LogP contribution in [0.5, 0.6) is 0 Å². The van der Waals surface area contributed by atoms with Gasteiger partial charge in [0.25, 0.3) is 0 Å². The molecule has 0 unspecified atom stereocenters. The summed E-state index contributed by atoms with van der Waals surface area (Å²) in [6.07, 6.45) is 0.910. The van der Waals surface area contributed by atoms with E-state index in [9.17, 15) is 0 Å². The fourth-order valence-corrected chi connectivity index (χ4v) is 3.15. The molecule has 0 atom stereocenters. The Bertz CT molecular complexity index is 502. The van der Waals surface area contributed by atoms with Crippen LogP contribution in [0, 0.1) is 19.8 Å². The summed E-state index contributed by atoms with van der Waals surface area (Å²) in [4.78, 5) is 9.33. The summed E-state index contributed by atoms with van der Waals surface area (Å²) in [5, 5.41) is 7.48. The van der Waals surface area contributed by atoms with Gasteiger partial charge in [-0.15, -0.1) is 24.0 Å². The molecular formula is C17H32IN5O. The highest BCUT2D eigenvalue weighted by Crippen LogP contribution is 2.12. The molecule has 1 aliphatic heterocycles. The maximum Gasteiger partial charge on any atom is 0.193 e. The van der Waals surface area contributed by atoms with Gasteiger partial charge >= 0.3 is 0 Å². The highest BCUT2D eigenvalue weighted by Gasteiger charge is 2.20. The van der Waals surface area contributed by atoms with Crippen molar-refractivity contribution in [3.63, 3.8) is 0 Å². The first kappa shape index (κ1) is 21.2. The molecule has 1 fully saturated rings. The van der Waals surface area contributed by atoms with Crippen LogP contribution in [0.2, 0.25) is 0 Å². The summed E-state index contributed by atoms with van der Waals surface area (Å²) in [5.74, 6) is 2.65. The van der Waals surface area contributed by atoms with Crippen LogP contribution in [-0.4, -0.2) is 67.2 Å². The predicted octanol–water partition coefficient (Wildman–Crippen LogP) is 2.30. The number of aryl methyl sites for hydroxylation is 2. The van der Waals surface area contributed by atoms with E-state index >= 15 is 0 Å². The van der Waals surface area contributed by atoms with Crippen LogP contribution in [0.4, 0.5) is 0 Å². The van der Waals surface area contributed by atoms with Crippen molar-refractivity contribution in [1.29, 1.82) is 0 Å². The second kappa shape index (κ2) is 10.2. The van der Waals surface area contributed by atoms with E-state index in [0.717, 1.165) is 62.5 Å². The van der Waals surface area contributed by atoms with Gasteiger partial charge in [0, 0.05) is 51.9 Å². The second-order valence-electron chi connectivity index (χ2n) is 6.71. The fourth-order valence-electron chi connectivity index (χ4n) is 3.15. The lowest BCUT2D eigenvalue weighted by atomic mass is 10.1. The number of guanidine groups is 1. The van der Waals surface area contributed by atoms with Crippen molar-refractivity contribution < 1.29 is 4.52 Å². The summed E-state index contributed by atoms with van der Waals surface area (Å²) >= 11 is 0. The first-order chi connectivity index (χ1) is 11.0. The minimum absolute atomic E-state index is 0. The van der Waals surface area contributed by atoms with E-state index in [2.05, 4.69) is 39.1 Å². The summed E-state index contributed by atoms with van der Waals surface area (Å²) in [6.45, 7) is 14.9. The molecule has 0 amide bonds. The lowest BCUT2D eigenvalue weighted by Gasteiger charge is -2.37. The molecular weight excluding hydrogens is 417 g/mol. The van der Waals surface area contributed by atoms with Gasteiger partial charge in [-0.1, -0.05) is 19.0 Å². The number of hydrogen-bond donors (Lipinski definition) is 1.